The van der Waals surface area contributed by atoms with Crippen molar-refractivity contribution >= 4 is 17.6 Å². The standard InChI is InChI=1S/C10H6ClNO3/c11-8-4-2-1-3-6(8)7-5-15-12-9(7)10(13)14/h1-5H,(H,13,14). The quantitative estimate of drug-likeness (QED) is 0.850. The third-order valence-electron chi connectivity index (χ3n) is 1.94. The normalized spacial score (nSPS) is 10.2. The predicted molar refractivity (Wildman–Crippen MR) is 53.9 cm³/mol. The van der Waals surface area contributed by atoms with Crippen molar-refractivity contribution in [1.82, 2.24) is 5.16 Å². The molecule has 0 aliphatic rings. The molecule has 0 aliphatic heterocycles. The van der Waals surface area contributed by atoms with Gasteiger partial charge in [-0.3, -0.25) is 0 Å². The Morgan fingerprint density at radius 3 is 2.73 bits per heavy atom. The minimum Gasteiger partial charge on any atom is -0.476 e. The van der Waals surface area contributed by atoms with Gasteiger partial charge in [-0.05, 0) is 6.07 Å². The number of hydrogen-bond donors (Lipinski definition) is 1. The fraction of sp³-hybridized carbons (Fsp3) is 0. The molecule has 0 atom stereocenters. The molecule has 0 bridgehead atoms. The molecule has 0 saturated heterocycles. The minimum atomic E-state index is -1.14. The SMILES string of the molecule is O=C(O)c1nocc1-c1ccccc1Cl. The molecule has 0 amide bonds. The summed E-state index contributed by atoms with van der Waals surface area (Å²) in [6.07, 6.45) is 1.27. The Kier molecular flexibility index (Phi) is 2.43. The van der Waals surface area contributed by atoms with E-state index in [9.17, 15) is 4.79 Å². The van der Waals surface area contributed by atoms with Crippen LogP contribution in [0.25, 0.3) is 11.1 Å². The molecular weight excluding hydrogens is 218 g/mol. The van der Waals surface area contributed by atoms with E-state index in [1.54, 1.807) is 24.3 Å². The maximum Gasteiger partial charge on any atom is 0.358 e. The first-order valence-corrected chi connectivity index (χ1v) is 4.50. The van der Waals surface area contributed by atoms with Gasteiger partial charge in [0.05, 0.1) is 5.56 Å². The van der Waals surface area contributed by atoms with E-state index >= 15 is 0 Å². The Balaban J connectivity index is 2.59. The number of carboxylic acid groups (broad SMARTS) is 1. The Morgan fingerprint density at radius 2 is 2.07 bits per heavy atom. The first-order chi connectivity index (χ1) is 7.20. The summed E-state index contributed by atoms with van der Waals surface area (Å²) in [4.78, 5) is 10.8. The lowest BCUT2D eigenvalue weighted by Gasteiger charge is -2.00. The summed E-state index contributed by atoms with van der Waals surface area (Å²) in [6, 6.07) is 6.91. The third-order valence-corrected chi connectivity index (χ3v) is 2.27. The zero-order chi connectivity index (χ0) is 10.8. The molecule has 4 nitrogen and oxygen atoms in total. The number of rotatable bonds is 2. The number of carboxylic acids is 1. The van der Waals surface area contributed by atoms with Crippen LogP contribution in [0.4, 0.5) is 0 Å². The molecule has 0 spiro atoms. The van der Waals surface area contributed by atoms with E-state index in [1.165, 1.54) is 6.26 Å². The summed E-state index contributed by atoms with van der Waals surface area (Å²) >= 11 is 5.93. The Hall–Kier alpha value is -1.81. The smallest absolute Gasteiger partial charge is 0.358 e. The van der Waals surface area contributed by atoms with E-state index in [1.807, 2.05) is 0 Å². The summed E-state index contributed by atoms with van der Waals surface area (Å²) in [5, 5.41) is 12.7. The second-order valence-electron chi connectivity index (χ2n) is 2.86. The van der Waals surface area contributed by atoms with Crippen LogP contribution in [0.15, 0.2) is 35.1 Å². The molecule has 15 heavy (non-hydrogen) atoms. The molecule has 1 N–H and O–H groups in total. The number of aromatic carboxylic acids is 1. The molecule has 76 valence electrons. The number of nitrogens with zero attached hydrogens (tertiary/aromatic N) is 1. The van der Waals surface area contributed by atoms with Crippen molar-refractivity contribution in [2.75, 3.05) is 0 Å². The van der Waals surface area contributed by atoms with Crippen LogP contribution in [-0.2, 0) is 0 Å². The average Bonchev–Trinajstić information content (AvgIpc) is 2.67. The van der Waals surface area contributed by atoms with Gasteiger partial charge < -0.3 is 9.63 Å². The summed E-state index contributed by atoms with van der Waals surface area (Å²) in [6.45, 7) is 0. The van der Waals surface area contributed by atoms with Crippen molar-refractivity contribution in [2.24, 2.45) is 0 Å². The largest absolute Gasteiger partial charge is 0.476 e. The lowest BCUT2D eigenvalue weighted by molar-refractivity contribution is 0.0686. The highest BCUT2D eigenvalue weighted by Gasteiger charge is 2.17. The maximum atomic E-state index is 10.8. The van der Waals surface area contributed by atoms with Crippen LogP contribution in [0.5, 0.6) is 0 Å². The molecule has 1 heterocycles. The van der Waals surface area contributed by atoms with Crippen molar-refractivity contribution in [3.05, 3.63) is 41.2 Å². The van der Waals surface area contributed by atoms with Gasteiger partial charge in [0.1, 0.15) is 6.26 Å². The van der Waals surface area contributed by atoms with E-state index in [4.69, 9.17) is 16.7 Å². The van der Waals surface area contributed by atoms with E-state index < -0.39 is 5.97 Å². The van der Waals surface area contributed by atoms with Gasteiger partial charge in [-0.2, -0.15) is 0 Å². The molecule has 0 saturated carbocycles. The van der Waals surface area contributed by atoms with Crippen molar-refractivity contribution in [2.45, 2.75) is 0 Å². The first kappa shape index (κ1) is 9.73. The van der Waals surface area contributed by atoms with Crippen molar-refractivity contribution < 1.29 is 14.4 Å². The Morgan fingerprint density at radius 1 is 1.33 bits per heavy atom. The molecule has 5 heteroatoms. The van der Waals surface area contributed by atoms with Crippen LogP contribution in [0, 0.1) is 0 Å². The monoisotopic (exact) mass is 223 g/mol. The third kappa shape index (κ3) is 1.71. The van der Waals surface area contributed by atoms with E-state index in [-0.39, 0.29) is 5.69 Å². The van der Waals surface area contributed by atoms with Gasteiger partial charge in [-0.25, -0.2) is 4.79 Å². The topological polar surface area (TPSA) is 63.3 Å². The number of halogens is 1. The van der Waals surface area contributed by atoms with Gasteiger partial charge in [0.15, 0.2) is 5.69 Å². The molecule has 0 fully saturated rings. The van der Waals surface area contributed by atoms with E-state index in [0.717, 1.165) is 0 Å². The maximum absolute atomic E-state index is 10.8. The van der Waals surface area contributed by atoms with Crippen LogP contribution < -0.4 is 0 Å². The second kappa shape index (κ2) is 3.74. The minimum absolute atomic E-state index is 0.136. The van der Waals surface area contributed by atoms with Gasteiger partial charge >= 0.3 is 5.97 Å². The molecule has 0 unspecified atom stereocenters. The molecular formula is C10H6ClNO3. The lowest BCUT2D eigenvalue weighted by Crippen LogP contribution is -1.98. The summed E-state index contributed by atoms with van der Waals surface area (Å²) in [5.74, 6) is -1.14. The summed E-state index contributed by atoms with van der Waals surface area (Å²) in [7, 11) is 0. The van der Waals surface area contributed by atoms with Crippen LogP contribution >= 0.6 is 11.6 Å². The van der Waals surface area contributed by atoms with Crippen LogP contribution in [-0.4, -0.2) is 16.2 Å². The zero-order valence-corrected chi connectivity index (χ0v) is 8.23. The molecule has 1 aromatic heterocycles. The number of carbonyl (C=O) groups is 1. The number of aromatic nitrogens is 1. The Labute approximate surface area is 90.1 Å². The highest BCUT2D eigenvalue weighted by Crippen LogP contribution is 2.29. The lowest BCUT2D eigenvalue weighted by atomic mass is 10.1. The van der Waals surface area contributed by atoms with Gasteiger partial charge in [-0.15, -0.1) is 0 Å². The zero-order valence-electron chi connectivity index (χ0n) is 7.48. The van der Waals surface area contributed by atoms with E-state index in [2.05, 4.69) is 9.68 Å². The molecule has 0 aliphatic carbocycles. The van der Waals surface area contributed by atoms with Gasteiger partial charge in [0.25, 0.3) is 0 Å². The van der Waals surface area contributed by atoms with Gasteiger partial charge in [0.2, 0.25) is 0 Å². The summed E-state index contributed by atoms with van der Waals surface area (Å²) in [5.41, 5.74) is 0.842. The fourth-order valence-electron chi connectivity index (χ4n) is 1.26. The van der Waals surface area contributed by atoms with Crippen molar-refractivity contribution in [3.8, 4) is 11.1 Å². The molecule has 2 rings (SSSR count). The van der Waals surface area contributed by atoms with Gasteiger partial charge in [0, 0.05) is 10.6 Å². The second-order valence-corrected chi connectivity index (χ2v) is 3.27. The first-order valence-electron chi connectivity index (χ1n) is 4.12. The van der Waals surface area contributed by atoms with Gasteiger partial charge in [-0.1, -0.05) is 35.0 Å². The van der Waals surface area contributed by atoms with Crippen molar-refractivity contribution in [1.29, 1.82) is 0 Å². The molecule has 2 aromatic rings. The fourth-order valence-corrected chi connectivity index (χ4v) is 1.50. The van der Waals surface area contributed by atoms with E-state index in [0.29, 0.717) is 16.1 Å². The Bertz CT molecular complexity index is 507. The van der Waals surface area contributed by atoms with Crippen LogP contribution in [0.1, 0.15) is 10.5 Å². The highest BCUT2D eigenvalue weighted by atomic mass is 35.5. The summed E-state index contributed by atoms with van der Waals surface area (Å²) < 4.78 is 4.63. The highest BCUT2D eigenvalue weighted by molar-refractivity contribution is 6.33. The van der Waals surface area contributed by atoms with Crippen LogP contribution in [0.3, 0.4) is 0 Å². The number of hydrogen-bond acceptors (Lipinski definition) is 3. The average molecular weight is 224 g/mol. The predicted octanol–water partition coefficient (Wildman–Crippen LogP) is 2.69. The molecule has 0 radical (unpaired) electrons. The number of benzene rings is 1. The van der Waals surface area contributed by atoms with Crippen molar-refractivity contribution in [3.63, 3.8) is 0 Å². The van der Waals surface area contributed by atoms with Crippen LogP contribution in [0.2, 0.25) is 5.02 Å². The molecule has 1 aromatic carbocycles.